The molecule has 2 aliphatic heterocycles. The second-order valence-electron chi connectivity index (χ2n) is 7.51. The molecule has 1 aromatic rings. The lowest BCUT2D eigenvalue weighted by Crippen LogP contribution is -2.54. The van der Waals surface area contributed by atoms with Crippen LogP contribution in [-0.4, -0.2) is 53.6 Å². The maximum absolute atomic E-state index is 14.2. The summed E-state index contributed by atoms with van der Waals surface area (Å²) >= 11 is 6.33. The van der Waals surface area contributed by atoms with Crippen molar-refractivity contribution >= 4 is 17.5 Å². The van der Waals surface area contributed by atoms with Gasteiger partial charge in [0.1, 0.15) is 5.82 Å². The van der Waals surface area contributed by atoms with Crippen molar-refractivity contribution in [1.82, 2.24) is 9.80 Å². The summed E-state index contributed by atoms with van der Waals surface area (Å²) in [4.78, 5) is 16.1. The molecule has 6 heteroatoms. The molecule has 0 bridgehead atoms. The molecule has 2 heterocycles. The fourth-order valence-electron chi connectivity index (χ4n) is 4.29. The lowest BCUT2D eigenvalue weighted by molar-refractivity contribution is -0.140. The second kappa shape index (κ2) is 7.60. The third-order valence-corrected chi connectivity index (χ3v) is 6.15. The molecule has 2 fully saturated rings. The smallest absolute Gasteiger partial charge is 0.222 e. The summed E-state index contributed by atoms with van der Waals surface area (Å²) in [6, 6.07) is 3.19. The summed E-state index contributed by atoms with van der Waals surface area (Å²) in [5.74, 6) is -0.125. The van der Waals surface area contributed by atoms with Crippen LogP contribution in [0, 0.1) is 18.2 Å². The molecule has 0 radical (unpaired) electrons. The number of hydrogen-bond donors (Lipinski definition) is 1. The van der Waals surface area contributed by atoms with Gasteiger partial charge in [-0.15, -0.1) is 0 Å². The van der Waals surface area contributed by atoms with Crippen molar-refractivity contribution in [2.75, 3.05) is 32.8 Å². The number of likely N-dealkylation sites (tertiary alicyclic amines) is 2. The normalized spacial score (nSPS) is 25.0. The monoisotopic (exact) mass is 368 g/mol. The van der Waals surface area contributed by atoms with Crippen LogP contribution in [0.3, 0.4) is 0 Å². The third kappa shape index (κ3) is 3.99. The number of carbonyl (C=O) groups excluding carboxylic acids is 1. The Morgan fingerprint density at radius 2 is 2.12 bits per heavy atom. The summed E-state index contributed by atoms with van der Waals surface area (Å²) in [5, 5.41) is 9.71. The molecule has 2 saturated heterocycles. The summed E-state index contributed by atoms with van der Waals surface area (Å²) in [7, 11) is 0. The standard InChI is InChI=1S/C19H26ClFN2O2/c1-14-3-4-16(21)15(18(14)20)11-22-8-2-6-19(12-22)7-5-17(25)23(13-19)9-10-24/h3-4,24H,2,5-13H2,1H3/t19-/m1/s1. The van der Waals surface area contributed by atoms with Gasteiger partial charge in [-0.05, 0) is 44.4 Å². The molecule has 1 spiro atoms. The van der Waals surface area contributed by atoms with Crippen LogP contribution in [0.2, 0.25) is 5.02 Å². The number of β-amino-alcohol motifs (C(OH)–C–C–N with tert-alkyl or cyclic N) is 1. The summed E-state index contributed by atoms with van der Waals surface area (Å²) in [6.45, 7) is 5.23. The van der Waals surface area contributed by atoms with E-state index < -0.39 is 0 Å². The van der Waals surface area contributed by atoms with E-state index in [9.17, 15) is 14.3 Å². The Hall–Kier alpha value is -1.17. The molecular weight excluding hydrogens is 343 g/mol. The Kier molecular flexibility index (Phi) is 5.66. The zero-order valence-corrected chi connectivity index (χ0v) is 15.5. The quantitative estimate of drug-likeness (QED) is 0.888. The number of aryl methyl sites for hydroxylation is 1. The van der Waals surface area contributed by atoms with Crippen LogP contribution in [0.15, 0.2) is 12.1 Å². The molecule has 2 aliphatic rings. The van der Waals surface area contributed by atoms with Crippen molar-refractivity contribution < 1.29 is 14.3 Å². The molecule has 0 aliphatic carbocycles. The van der Waals surface area contributed by atoms with Crippen LogP contribution in [0.4, 0.5) is 4.39 Å². The molecule has 0 aromatic heterocycles. The number of amides is 1. The maximum atomic E-state index is 14.2. The van der Waals surface area contributed by atoms with Crippen LogP contribution < -0.4 is 0 Å². The molecule has 138 valence electrons. The van der Waals surface area contributed by atoms with Crippen molar-refractivity contribution in [3.8, 4) is 0 Å². The average Bonchev–Trinajstić information content (AvgIpc) is 2.59. The van der Waals surface area contributed by atoms with Crippen LogP contribution >= 0.6 is 11.6 Å². The topological polar surface area (TPSA) is 43.8 Å². The Morgan fingerprint density at radius 1 is 1.32 bits per heavy atom. The number of carbonyl (C=O) groups is 1. The van der Waals surface area contributed by atoms with Crippen molar-refractivity contribution in [2.24, 2.45) is 5.41 Å². The number of piperidine rings is 2. The van der Waals surface area contributed by atoms with Crippen LogP contribution in [0.1, 0.15) is 36.8 Å². The van der Waals surface area contributed by atoms with Crippen molar-refractivity contribution in [3.05, 3.63) is 34.1 Å². The second-order valence-corrected chi connectivity index (χ2v) is 7.89. The highest BCUT2D eigenvalue weighted by Gasteiger charge is 2.41. The van der Waals surface area contributed by atoms with Crippen molar-refractivity contribution in [2.45, 2.75) is 39.2 Å². The van der Waals surface area contributed by atoms with Crippen LogP contribution in [0.5, 0.6) is 0 Å². The minimum atomic E-state index is -0.254. The van der Waals surface area contributed by atoms with Gasteiger partial charge in [0.05, 0.1) is 11.6 Å². The number of rotatable bonds is 4. The fraction of sp³-hybridized carbons (Fsp3) is 0.632. The molecule has 1 atom stereocenters. The lowest BCUT2D eigenvalue weighted by Gasteiger charge is -2.48. The zero-order valence-electron chi connectivity index (χ0n) is 14.7. The Morgan fingerprint density at radius 3 is 2.88 bits per heavy atom. The first-order valence-electron chi connectivity index (χ1n) is 8.99. The van der Waals surface area contributed by atoms with E-state index in [1.165, 1.54) is 6.07 Å². The number of aliphatic hydroxyl groups is 1. The van der Waals surface area contributed by atoms with E-state index in [1.807, 2.05) is 6.92 Å². The van der Waals surface area contributed by atoms with E-state index in [-0.39, 0.29) is 23.7 Å². The van der Waals surface area contributed by atoms with E-state index in [0.717, 1.165) is 37.9 Å². The van der Waals surface area contributed by atoms with Gasteiger partial charge in [-0.1, -0.05) is 17.7 Å². The molecule has 4 nitrogen and oxygen atoms in total. The fourth-order valence-corrected chi connectivity index (χ4v) is 4.50. The van der Waals surface area contributed by atoms with Crippen molar-refractivity contribution in [3.63, 3.8) is 0 Å². The molecule has 1 N–H and O–H groups in total. The molecule has 1 amide bonds. The Labute approximate surface area is 153 Å². The number of nitrogens with zero attached hydrogens (tertiary/aromatic N) is 2. The predicted octanol–water partition coefficient (Wildman–Crippen LogP) is 2.98. The van der Waals surface area contributed by atoms with Crippen LogP contribution in [0.25, 0.3) is 0 Å². The highest BCUT2D eigenvalue weighted by Crippen LogP contribution is 2.39. The highest BCUT2D eigenvalue weighted by molar-refractivity contribution is 6.32. The number of benzene rings is 1. The zero-order chi connectivity index (χ0) is 18.0. The van der Waals surface area contributed by atoms with Crippen LogP contribution in [-0.2, 0) is 11.3 Å². The summed E-state index contributed by atoms with van der Waals surface area (Å²) < 4.78 is 14.2. The van der Waals surface area contributed by atoms with Gasteiger partial charge in [0.25, 0.3) is 0 Å². The average molecular weight is 369 g/mol. The van der Waals surface area contributed by atoms with Crippen molar-refractivity contribution in [1.29, 1.82) is 0 Å². The van der Waals surface area contributed by atoms with E-state index in [4.69, 9.17) is 11.6 Å². The first-order chi connectivity index (χ1) is 11.9. The first kappa shape index (κ1) is 18.6. The van der Waals surface area contributed by atoms with Gasteiger partial charge in [0, 0.05) is 43.6 Å². The molecule has 1 aromatic carbocycles. The predicted molar refractivity (Wildman–Crippen MR) is 96.0 cm³/mol. The molecule has 0 saturated carbocycles. The van der Waals surface area contributed by atoms with Gasteiger partial charge in [0.15, 0.2) is 0 Å². The third-order valence-electron chi connectivity index (χ3n) is 5.62. The maximum Gasteiger partial charge on any atom is 0.222 e. The molecule has 25 heavy (non-hydrogen) atoms. The van der Waals surface area contributed by atoms with Gasteiger partial charge in [0.2, 0.25) is 5.91 Å². The van der Waals surface area contributed by atoms with Gasteiger partial charge in [-0.3, -0.25) is 9.69 Å². The molecule has 3 rings (SSSR count). The van der Waals surface area contributed by atoms with E-state index >= 15 is 0 Å². The summed E-state index contributed by atoms with van der Waals surface area (Å²) in [6.07, 6.45) is 3.51. The van der Waals surface area contributed by atoms with E-state index in [1.54, 1.807) is 11.0 Å². The Bertz CT molecular complexity index is 655. The van der Waals surface area contributed by atoms with Gasteiger partial charge in [-0.25, -0.2) is 4.39 Å². The minimum Gasteiger partial charge on any atom is -0.395 e. The van der Waals surface area contributed by atoms with E-state index in [2.05, 4.69) is 4.90 Å². The molecule has 0 unspecified atom stereocenters. The Balaban J connectivity index is 1.73. The minimum absolute atomic E-state index is 0.00432. The SMILES string of the molecule is Cc1ccc(F)c(CN2CCC[C@@]3(CCC(=O)N(CCO)C3)C2)c1Cl. The number of halogens is 2. The van der Waals surface area contributed by atoms with Gasteiger partial charge in [-0.2, -0.15) is 0 Å². The lowest BCUT2D eigenvalue weighted by atomic mass is 9.73. The number of aliphatic hydroxyl groups excluding tert-OH is 1. The van der Waals surface area contributed by atoms with Gasteiger partial charge < -0.3 is 10.0 Å². The van der Waals surface area contributed by atoms with E-state index in [0.29, 0.717) is 36.6 Å². The highest BCUT2D eigenvalue weighted by atomic mass is 35.5. The number of hydrogen-bond acceptors (Lipinski definition) is 3. The summed E-state index contributed by atoms with van der Waals surface area (Å²) in [5.41, 5.74) is 1.51. The first-order valence-corrected chi connectivity index (χ1v) is 9.36. The molecular formula is C19H26ClFN2O2. The largest absolute Gasteiger partial charge is 0.395 e. The van der Waals surface area contributed by atoms with Gasteiger partial charge >= 0.3 is 0 Å².